The van der Waals surface area contributed by atoms with Crippen LogP contribution in [0.25, 0.3) is 0 Å². The number of aromatic nitrogens is 1. The van der Waals surface area contributed by atoms with Gasteiger partial charge in [-0.05, 0) is 30.3 Å². The first-order valence-electron chi connectivity index (χ1n) is 5.41. The monoisotopic (exact) mass is 279 g/mol. The lowest BCUT2D eigenvalue weighted by Gasteiger charge is -2.14. The minimum absolute atomic E-state index is 0.112. The maximum absolute atomic E-state index is 12.9. The number of benzene rings is 1. The van der Waals surface area contributed by atoms with E-state index in [9.17, 15) is 13.2 Å². The molecule has 0 aliphatic carbocycles. The van der Waals surface area contributed by atoms with E-state index < -0.39 is 17.5 Å². The molecule has 2 rings (SSSR count). The zero-order valence-corrected chi connectivity index (χ0v) is 9.98. The van der Waals surface area contributed by atoms with Crippen molar-refractivity contribution in [2.24, 2.45) is 0 Å². The second-order valence-corrected chi connectivity index (χ2v) is 3.82. The van der Waals surface area contributed by atoms with Crippen LogP contribution in [0, 0.1) is 11.3 Å². The molecule has 4 nitrogen and oxygen atoms in total. The van der Waals surface area contributed by atoms with Crippen molar-refractivity contribution in [3.8, 4) is 17.7 Å². The van der Waals surface area contributed by atoms with E-state index in [-0.39, 0.29) is 17.1 Å². The predicted octanol–water partition coefficient (Wildman–Crippen LogP) is 3.35. The number of alkyl halides is 3. The highest BCUT2D eigenvalue weighted by Gasteiger charge is 2.35. The van der Waals surface area contributed by atoms with Gasteiger partial charge in [0.25, 0.3) is 0 Å². The van der Waals surface area contributed by atoms with E-state index in [0.717, 1.165) is 6.07 Å². The third-order valence-electron chi connectivity index (χ3n) is 2.42. The molecule has 0 unspecified atom stereocenters. The summed E-state index contributed by atoms with van der Waals surface area (Å²) in [6.07, 6.45) is -3.30. The second kappa shape index (κ2) is 5.09. The first-order chi connectivity index (χ1) is 9.41. The molecule has 1 aromatic carbocycles. The van der Waals surface area contributed by atoms with Gasteiger partial charge in [-0.1, -0.05) is 0 Å². The van der Waals surface area contributed by atoms with Crippen molar-refractivity contribution in [2.45, 2.75) is 6.18 Å². The smallest absolute Gasteiger partial charge is 0.420 e. The Morgan fingerprint density at radius 3 is 2.60 bits per heavy atom. The maximum Gasteiger partial charge on any atom is 0.420 e. The fraction of sp³-hybridized carbons (Fsp3) is 0.0769. The Balaban J connectivity index is 2.47. The number of anilines is 1. The summed E-state index contributed by atoms with van der Waals surface area (Å²) in [5, 5.41) is 8.66. The predicted molar refractivity (Wildman–Crippen MR) is 64.9 cm³/mol. The molecule has 1 heterocycles. The highest BCUT2D eigenvalue weighted by Crippen LogP contribution is 2.39. The lowest BCUT2D eigenvalue weighted by molar-refractivity contribution is -0.138. The van der Waals surface area contributed by atoms with Crippen LogP contribution in [0.2, 0.25) is 0 Å². The average Bonchev–Trinajstić information content (AvgIpc) is 2.40. The van der Waals surface area contributed by atoms with E-state index in [1.165, 1.54) is 24.4 Å². The maximum atomic E-state index is 12.9. The van der Waals surface area contributed by atoms with Gasteiger partial charge in [-0.25, -0.2) is 4.98 Å². The van der Waals surface area contributed by atoms with Gasteiger partial charge in [0, 0.05) is 6.20 Å². The van der Waals surface area contributed by atoms with Crippen LogP contribution >= 0.6 is 0 Å². The van der Waals surface area contributed by atoms with Crippen molar-refractivity contribution < 1.29 is 17.9 Å². The Kier molecular flexibility index (Phi) is 3.48. The van der Waals surface area contributed by atoms with Gasteiger partial charge in [0.1, 0.15) is 5.75 Å². The molecule has 0 spiro atoms. The quantitative estimate of drug-likeness (QED) is 0.915. The van der Waals surface area contributed by atoms with Crippen LogP contribution < -0.4 is 10.5 Å². The number of hydrogen-bond donors (Lipinski definition) is 1. The summed E-state index contributed by atoms with van der Waals surface area (Å²) in [6.45, 7) is 0. The van der Waals surface area contributed by atoms with Crippen LogP contribution in [0.3, 0.4) is 0 Å². The summed E-state index contributed by atoms with van der Waals surface area (Å²) in [4.78, 5) is 3.76. The van der Waals surface area contributed by atoms with E-state index in [4.69, 9.17) is 15.7 Å². The molecule has 0 bridgehead atoms. The summed E-state index contributed by atoms with van der Waals surface area (Å²) in [5.74, 6) is -0.579. The Labute approximate surface area is 112 Å². The number of rotatable bonds is 2. The van der Waals surface area contributed by atoms with E-state index in [1.54, 1.807) is 6.07 Å². The van der Waals surface area contributed by atoms with E-state index >= 15 is 0 Å². The van der Waals surface area contributed by atoms with Crippen LogP contribution in [0.4, 0.5) is 18.9 Å². The fourth-order valence-corrected chi connectivity index (χ4v) is 1.50. The van der Waals surface area contributed by atoms with Gasteiger partial charge >= 0.3 is 6.18 Å². The van der Waals surface area contributed by atoms with Crippen LogP contribution in [-0.4, -0.2) is 4.98 Å². The normalized spacial score (nSPS) is 10.9. The molecular formula is C13H8F3N3O. The Morgan fingerprint density at radius 1 is 1.25 bits per heavy atom. The first-order valence-corrected chi connectivity index (χ1v) is 5.41. The van der Waals surface area contributed by atoms with Gasteiger partial charge in [-0.15, -0.1) is 0 Å². The average molecular weight is 279 g/mol. The molecule has 102 valence electrons. The van der Waals surface area contributed by atoms with E-state index in [0.29, 0.717) is 6.07 Å². The van der Waals surface area contributed by atoms with Gasteiger partial charge in [0.05, 0.1) is 22.9 Å². The molecule has 20 heavy (non-hydrogen) atoms. The molecule has 0 amide bonds. The van der Waals surface area contributed by atoms with Crippen molar-refractivity contribution in [2.75, 3.05) is 5.73 Å². The van der Waals surface area contributed by atoms with Gasteiger partial charge < -0.3 is 10.5 Å². The summed E-state index contributed by atoms with van der Waals surface area (Å²) >= 11 is 0. The van der Waals surface area contributed by atoms with Crippen molar-refractivity contribution in [3.63, 3.8) is 0 Å². The lowest BCUT2D eigenvalue weighted by atomic mass is 10.1. The van der Waals surface area contributed by atoms with Crippen LogP contribution in [0.1, 0.15) is 11.1 Å². The zero-order chi connectivity index (χ0) is 14.8. The number of hydrogen-bond acceptors (Lipinski definition) is 4. The molecule has 0 radical (unpaired) electrons. The van der Waals surface area contributed by atoms with Crippen molar-refractivity contribution >= 4 is 5.69 Å². The van der Waals surface area contributed by atoms with Gasteiger partial charge in [0.2, 0.25) is 5.88 Å². The molecule has 0 fully saturated rings. The minimum atomic E-state index is -4.65. The van der Waals surface area contributed by atoms with Gasteiger partial charge in [0.15, 0.2) is 0 Å². The SMILES string of the molecule is N#Cc1ccc(Oc2ncccc2N)c(C(F)(F)F)c1. The largest absolute Gasteiger partial charge is 0.436 e. The number of nitriles is 1. The number of nitrogens with zero attached hydrogens (tertiary/aromatic N) is 2. The van der Waals surface area contributed by atoms with E-state index in [2.05, 4.69) is 4.98 Å². The molecule has 0 atom stereocenters. The summed E-state index contributed by atoms with van der Waals surface area (Å²) in [6, 6.07) is 7.64. The minimum Gasteiger partial charge on any atom is -0.436 e. The lowest BCUT2D eigenvalue weighted by Crippen LogP contribution is -2.08. The molecule has 7 heteroatoms. The molecule has 0 saturated heterocycles. The molecule has 2 N–H and O–H groups in total. The second-order valence-electron chi connectivity index (χ2n) is 3.82. The number of nitrogens with two attached hydrogens (primary N) is 1. The molecular weight excluding hydrogens is 271 g/mol. The van der Waals surface area contributed by atoms with Gasteiger partial charge in [-0.2, -0.15) is 18.4 Å². The highest BCUT2D eigenvalue weighted by molar-refractivity contribution is 5.51. The number of ether oxygens (including phenoxy) is 1. The van der Waals surface area contributed by atoms with Crippen LogP contribution in [0.15, 0.2) is 36.5 Å². The molecule has 0 aliphatic heterocycles. The van der Waals surface area contributed by atoms with Crippen molar-refractivity contribution in [3.05, 3.63) is 47.7 Å². The topological polar surface area (TPSA) is 71.9 Å². The third kappa shape index (κ3) is 2.80. The Bertz CT molecular complexity index is 677. The van der Waals surface area contributed by atoms with Crippen LogP contribution in [0.5, 0.6) is 11.6 Å². The molecule has 0 saturated carbocycles. The number of nitrogen functional groups attached to an aromatic ring is 1. The highest BCUT2D eigenvalue weighted by atomic mass is 19.4. The van der Waals surface area contributed by atoms with Crippen molar-refractivity contribution in [1.29, 1.82) is 5.26 Å². The zero-order valence-electron chi connectivity index (χ0n) is 9.98. The summed E-state index contributed by atoms with van der Waals surface area (Å²) < 4.78 is 43.9. The number of halogens is 3. The standard InChI is InChI=1S/C13H8F3N3O/c14-13(15,16)9-6-8(7-17)3-4-11(9)20-12-10(18)2-1-5-19-12/h1-6H,18H2. The van der Waals surface area contributed by atoms with Crippen molar-refractivity contribution in [1.82, 2.24) is 4.98 Å². The fourth-order valence-electron chi connectivity index (χ4n) is 1.50. The Morgan fingerprint density at radius 2 is 2.00 bits per heavy atom. The number of pyridine rings is 1. The van der Waals surface area contributed by atoms with Crippen LogP contribution in [-0.2, 0) is 6.18 Å². The van der Waals surface area contributed by atoms with E-state index in [1.807, 2.05) is 0 Å². The molecule has 1 aromatic heterocycles. The molecule has 2 aromatic rings. The summed E-state index contributed by atoms with van der Waals surface area (Å²) in [7, 11) is 0. The summed E-state index contributed by atoms with van der Waals surface area (Å²) in [5.41, 5.74) is 4.51. The first kappa shape index (κ1) is 13.7. The Hall–Kier alpha value is -2.75. The van der Waals surface area contributed by atoms with Gasteiger partial charge in [-0.3, -0.25) is 0 Å². The third-order valence-corrected chi connectivity index (χ3v) is 2.42. The molecule has 0 aliphatic rings.